The molecule has 2 aliphatic heterocycles. The highest BCUT2D eigenvalue weighted by atomic mass is 16.5. The monoisotopic (exact) mass is 281 g/mol. The maximum atomic E-state index is 5.83. The molecule has 0 fully saturated rings. The second-order valence-electron chi connectivity index (χ2n) is 5.87. The minimum Gasteiger partial charge on any atom is -0.493 e. The van der Waals surface area contributed by atoms with Gasteiger partial charge in [0.15, 0.2) is 0 Å². The largest absolute Gasteiger partial charge is 0.493 e. The van der Waals surface area contributed by atoms with E-state index in [9.17, 15) is 0 Å². The third-order valence-corrected chi connectivity index (χ3v) is 4.41. The number of para-hydroxylation sites is 2. The van der Waals surface area contributed by atoms with Crippen molar-refractivity contribution < 1.29 is 9.47 Å². The fourth-order valence-corrected chi connectivity index (χ4v) is 3.26. The molecule has 2 aliphatic rings. The van der Waals surface area contributed by atoms with Gasteiger partial charge in [0.25, 0.3) is 0 Å². The van der Waals surface area contributed by atoms with Crippen LogP contribution in [0.3, 0.4) is 0 Å². The first-order valence-electron chi connectivity index (χ1n) is 7.52. The quantitative estimate of drug-likeness (QED) is 0.914. The van der Waals surface area contributed by atoms with E-state index in [4.69, 9.17) is 9.47 Å². The first-order chi connectivity index (χ1) is 10.3. The molecule has 0 aliphatic carbocycles. The van der Waals surface area contributed by atoms with Crippen molar-refractivity contribution in [1.29, 1.82) is 0 Å². The summed E-state index contributed by atoms with van der Waals surface area (Å²) in [5.41, 5.74) is 2.51. The molecule has 0 aromatic heterocycles. The Kier molecular flexibility index (Phi) is 3.08. The molecule has 1 N–H and O–H groups in total. The summed E-state index contributed by atoms with van der Waals surface area (Å²) >= 11 is 0. The van der Waals surface area contributed by atoms with E-state index in [0.29, 0.717) is 18.6 Å². The van der Waals surface area contributed by atoms with Crippen LogP contribution in [0.1, 0.15) is 30.1 Å². The van der Waals surface area contributed by atoms with Gasteiger partial charge in [-0.15, -0.1) is 0 Å². The number of ether oxygens (including phenoxy) is 2. The van der Waals surface area contributed by atoms with Crippen LogP contribution >= 0.6 is 0 Å². The van der Waals surface area contributed by atoms with Gasteiger partial charge in [0.2, 0.25) is 0 Å². The molecule has 2 heterocycles. The van der Waals surface area contributed by atoms with Gasteiger partial charge in [-0.2, -0.15) is 0 Å². The van der Waals surface area contributed by atoms with Crippen molar-refractivity contribution in [3.8, 4) is 11.5 Å². The Morgan fingerprint density at radius 3 is 2.29 bits per heavy atom. The van der Waals surface area contributed by atoms with Crippen molar-refractivity contribution in [2.75, 3.05) is 13.2 Å². The second kappa shape index (κ2) is 5.08. The molecule has 2 aromatic carbocycles. The summed E-state index contributed by atoms with van der Waals surface area (Å²) in [5, 5.41) is 3.77. The molecule has 0 saturated carbocycles. The molecule has 0 amide bonds. The highest BCUT2D eigenvalue weighted by molar-refractivity contribution is 5.41. The summed E-state index contributed by atoms with van der Waals surface area (Å²) in [6.07, 6.45) is 0. The molecule has 3 nitrogen and oxygen atoms in total. The maximum absolute atomic E-state index is 5.83. The number of rotatable bonds is 2. The van der Waals surface area contributed by atoms with Crippen LogP contribution in [0.5, 0.6) is 11.5 Å². The maximum Gasteiger partial charge on any atom is 0.124 e. The van der Waals surface area contributed by atoms with E-state index in [-0.39, 0.29) is 6.04 Å². The average Bonchev–Trinajstić information content (AvgIpc) is 2.93. The molecular weight excluding hydrogens is 262 g/mol. The topological polar surface area (TPSA) is 30.5 Å². The standard InChI is InChI=1S/C18H19NO2/c1-12-10-20-17-9-5-3-7-14(17)18(12)19-15-11-21-16-8-4-2-6-13(15)16/h2-9,12,15,18-19H,10-11H2,1H3. The van der Waals surface area contributed by atoms with Gasteiger partial charge in [0.05, 0.1) is 12.6 Å². The Morgan fingerprint density at radius 2 is 1.48 bits per heavy atom. The summed E-state index contributed by atoms with van der Waals surface area (Å²) in [5.74, 6) is 2.44. The van der Waals surface area contributed by atoms with Crippen LogP contribution in [0.15, 0.2) is 48.5 Å². The lowest BCUT2D eigenvalue weighted by molar-refractivity contribution is 0.174. The van der Waals surface area contributed by atoms with Crippen molar-refractivity contribution in [3.05, 3.63) is 59.7 Å². The lowest BCUT2D eigenvalue weighted by atomic mass is 9.91. The Bertz CT molecular complexity index is 655. The molecule has 0 saturated heterocycles. The molecule has 0 radical (unpaired) electrons. The van der Waals surface area contributed by atoms with Crippen LogP contribution in [-0.2, 0) is 0 Å². The normalized spacial score (nSPS) is 26.4. The highest BCUT2D eigenvalue weighted by Gasteiger charge is 2.32. The molecule has 3 atom stereocenters. The van der Waals surface area contributed by atoms with Crippen LogP contribution in [0.2, 0.25) is 0 Å². The first-order valence-corrected chi connectivity index (χ1v) is 7.52. The van der Waals surface area contributed by atoms with Gasteiger partial charge in [0, 0.05) is 23.1 Å². The van der Waals surface area contributed by atoms with Gasteiger partial charge in [0.1, 0.15) is 18.1 Å². The summed E-state index contributed by atoms with van der Waals surface area (Å²) in [7, 11) is 0. The smallest absolute Gasteiger partial charge is 0.124 e. The summed E-state index contributed by atoms with van der Waals surface area (Å²) in [6.45, 7) is 3.69. The Hall–Kier alpha value is -2.00. The number of hydrogen-bond acceptors (Lipinski definition) is 3. The zero-order valence-electron chi connectivity index (χ0n) is 12.1. The molecule has 4 rings (SSSR count). The number of nitrogens with one attached hydrogen (secondary N) is 1. The van der Waals surface area contributed by atoms with Gasteiger partial charge >= 0.3 is 0 Å². The summed E-state index contributed by atoms with van der Waals surface area (Å²) in [6, 6.07) is 17.1. The minimum absolute atomic E-state index is 0.250. The molecular formula is C18H19NO2. The fourth-order valence-electron chi connectivity index (χ4n) is 3.26. The van der Waals surface area contributed by atoms with E-state index in [1.165, 1.54) is 11.1 Å². The van der Waals surface area contributed by atoms with Gasteiger partial charge in [-0.3, -0.25) is 5.32 Å². The number of hydrogen-bond donors (Lipinski definition) is 1. The third kappa shape index (κ3) is 2.18. The number of fused-ring (bicyclic) bond motifs is 2. The minimum atomic E-state index is 0.250. The predicted octanol–water partition coefficient (Wildman–Crippen LogP) is 3.48. The van der Waals surface area contributed by atoms with Crippen molar-refractivity contribution >= 4 is 0 Å². The highest BCUT2D eigenvalue weighted by Crippen LogP contribution is 2.39. The van der Waals surface area contributed by atoms with Gasteiger partial charge in [-0.05, 0) is 12.1 Å². The first kappa shape index (κ1) is 12.7. The fraction of sp³-hybridized carbons (Fsp3) is 0.333. The molecule has 21 heavy (non-hydrogen) atoms. The summed E-state index contributed by atoms with van der Waals surface area (Å²) < 4.78 is 11.6. The van der Waals surface area contributed by atoms with Crippen molar-refractivity contribution in [3.63, 3.8) is 0 Å². The van der Waals surface area contributed by atoms with Crippen molar-refractivity contribution in [1.82, 2.24) is 5.32 Å². The SMILES string of the molecule is CC1COc2ccccc2C1NC1COc2ccccc21. The lowest BCUT2D eigenvalue weighted by Crippen LogP contribution is -2.36. The van der Waals surface area contributed by atoms with Gasteiger partial charge in [-0.25, -0.2) is 0 Å². The van der Waals surface area contributed by atoms with E-state index in [2.05, 4.69) is 42.6 Å². The molecule has 2 aromatic rings. The van der Waals surface area contributed by atoms with E-state index in [1.807, 2.05) is 18.2 Å². The van der Waals surface area contributed by atoms with Crippen molar-refractivity contribution in [2.45, 2.75) is 19.0 Å². The lowest BCUT2D eigenvalue weighted by Gasteiger charge is -2.34. The van der Waals surface area contributed by atoms with E-state index in [0.717, 1.165) is 18.1 Å². The van der Waals surface area contributed by atoms with Gasteiger partial charge in [-0.1, -0.05) is 43.3 Å². The van der Waals surface area contributed by atoms with Crippen LogP contribution in [0, 0.1) is 5.92 Å². The second-order valence-corrected chi connectivity index (χ2v) is 5.87. The van der Waals surface area contributed by atoms with Gasteiger partial charge < -0.3 is 9.47 Å². The van der Waals surface area contributed by atoms with Crippen LogP contribution < -0.4 is 14.8 Å². The van der Waals surface area contributed by atoms with Crippen LogP contribution in [-0.4, -0.2) is 13.2 Å². The predicted molar refractivity (Wildman–Crippen MR) is 81.7 cm³/mol. The molecule has 3 unspecified atom stereocenters. The Morgan fingerprint density at radius 1 is 0.857 bits per heavy atom. The Labute approximate surface area is 124 Å². The van der Waals surface area contributed by atoms with E-state index >= 15 is 0 Å². The zero-order valence-corrected chi connectivity index (χ0v) is 12.1. The van der Waals surface area contributed by atoms with Crippen LogP contribution in [0.25, 0.3) is 0 Å². The Balaban J connectivity index is 1.63. The molecule has 0 bridgehead atoms. The zero-order chi connectivity index (χ0) is 14.2. The third-order valence-electron chi connectivity index (χ3n) is 4.41. The molecule has 108 valence electrons. The van der Waals surface area contributed by atoms with Crippen molar-refractivity contribution in [2.24, 2.45) is 5.92 Å². The average molecular weight is 281 g/mol. The molecule has 0 spiro atoms. The van der Waals surface area contributed by atoms with Crippen LogP contribution in [0.4, 0.5) is 0 Å². The van der Waals surface area contributed by atoms with E-state index < -0.39 is 0 Å². The molecule has 3 heteroatoms. The van der Waals surface area contributed by atoms with E-state index in [1.54, 1.807) is 0 Å². The number of benzene rings is 2. The summed E-state index contributed by atoms with van der Waals surface area (Å²) in [4.78, 5) is 0.